The van der Waals surface area contributed by atoms with Gasteiger partial charge in [0.25, 0.3) is 10.0 Å². The van der Waals surface area contributed by atoms with Crippen molar-refractivity contribution in [3.63, 3.8) is 0 Å². The molecular formula is C15H18N4O2S. The van der Waals surface area contributed by atoms with Crippen molar-refractivity contribution in [2.24, 2.45) is 12.5 Å². The predicted molar refractivity (Wildman–Crippen MR) is 82.7 cm³/mol. The van der Waals surface area contributed by atoms with Gasteiger partial charge in [0.2, 0.25) is 0 Å². The number of aromatic nitrogens is 2. The van der Waals surface area contributed by atoms with Gasteiger partial charge in [-0.3, -0.25) is 4.68 Å². The van der Waals surface area contributed by atoms with Crippen LogP contribution in [0.4, 0.5) is 0 Å². The van der Waals surface area contributed by atoms with E-state index in [-0.39, 0.29) is 10.4 Å². The second kappa shape index (κ2) is 4.65. The molecule has 0 bridgehead atoms. The highest BCUT2D eigenvalue weighted by Gasteiger charge is 2.52. The van der Waals surface area contributed by atoms with Crippen LogP contribution in [-0.4, -0.2) is 48.7 Å². The SMILES string of the molecule is Cn1nc(-c2ccccc2)cc1S(=O)(=O)N1CC2(CNC2)C1. The van der Waals surface area contributed by atoms with Crippen LogP contribution in [0.25, 0.3) is 11.3 Å². The van der Waals surface area contributed by atoms with Crippen LogP contribution in [0.1, 0.15) is 0 Å². The molecule has 0 aliphatic carbocycles. The lowest BCUT2D eigenvalue weighted by atomic mass is 9.76. The fourth-order valence-corrected chi connectivity index (χ4v) is 4.94. The molecule has 6 nitrogen and oxygen atoms in total. The summed E-state index contributed by atoms with van der Waals surface area (Å²) in [5, 5.41) is 7.83. The van der Waals surface area contributed by atoms with Crippen LogP contribution >= 0.6 is 0 Å². The van der Waals surface area contributed by atoms with E-state index in [1.54, 1.807) is 17.4 Å². The number of nitrogens with one attached hydrogen (secondary N) is 1. The summed E-state index contributed by atoms with van der Waals surface area (Å²) in [6.45, 7) is 3.04. The quantitative estimate of drug-likeness (QED) is 0.904. The highest BCUT2D eigenvalue weighted by molar-refractivity contribution is 7.89. The van der Waals surface area contributed by atoms with Gasteiger partial charge in [0.05, 0.1) is 5.69 Å². The van der Waals surface area contributed by atoms with Gasteiger partial charge in [0, 0.05) is 50.3 Å². The van der Waals surface area contributed by atoms with Gasteiger partial charge in [-0.2, -0.15) is 9.40 Å². The van der Waals surface area contributed by atoms with Gasteiger partial charge in [-0.15, -0.1) is 0 Å². The summed E-state index contributed by atoms with van der Waals surface area (Å²) < 4.78 is 28.5. The Kier molecular flexibility index (Phi) is 2.94. The highest BCUT2D eigenvalue weighted by Crippen LogP contribution is 2.38. The summed E-state index contributed by atoms with van der Waals surface area (Å²) in [4.78, 5) is 0. The number of benzene rings is 1. The summed E-state index contributed by atoms with van der Waals surface area (Å²) in [5.74, 6) is 0. The Morgan fingerprint density at radius 2 is 1.86 bits per heavy atom. The van der Waals surface area contributed by atoms with Crippen molar-refractivity contribution in [1.82, 2.24) is 19.4 Å². The molecule has 1 N–H and O–H groups in total. The fraction of sp³-hybridized carbons (Fsp3) is 0.400. The van der Waals surface area contributed by atoms with Gasteiger partial charge in [-0.25, -0.2) is 8.42 Å². The van der Waals surface area contributed by atoms with E-state index in [1.165, 1.54) is 4.68 Å². The van der Waals surface area contributed by atoms with Gasteiger partial charge in [-0.05, 0) is 0 Å². The maximum absolute atomic E-state index is 12.8. The lowest BCUT2D eigenvalue weighted by molar-refractivity contribution is 0.0161. The molecule has 2 aliphatic heterocycles. The number of hydrogen-bond acceptors (Lipinski definition) is 4. The minimum Gasteiger partial charge on any atom is -0.315 e. The topological polar surface area (TPSA) is 67.2 Å². The zero-order valence-electron chi connectivity index (χ0n) is 12.4. The first kappa shape index (κ1) is 13.9. The van der Waals surface area contributed by atoms with Crippen LogP contribution in [0.5, 0.6) is 0 Å². The molecule has 7 heteroatoms. The summed E-state index contributed by atoms with van der Waals surface area (Å²) in [6, 6.07) is 11.3. The van der Waals surface area contributed by atoms with Crippen molar-refractivity contribution in [2.75, 3.05) is 26.2 Å². The summed E-state index contributed by atoms with van der Waals surface area (Å²) in [7, 11) is -1.78. The molecule has 2 aromatic rings. The van der Waals surface area contributed by atoms with Gasteiger partial charge in [0.15, 0.2) is 5.03 Å². The number of sulfonamides is 1. The molecule has 22 heavy (non-hydrogen) atoms. The molecule has 3 heterocycles. The Morgan fingerprint density at radius 3 is 2.45 bits per heavy atom. The van der Waals surface area contributed by atoms with Gasteiger partial charge < -0.3 is 5.32 Å². The van der Waals surface area contributed by atoms with E-state index in [0.717, 1.165) is 18.7 Å². The summed E-state index contributed by atoms with van der Waals surface area (Å²) in [5.41, 5.74) is 1.78. The van der Waals surface area contributed by atoms with Crippen LogP contribution < -0.4 is 5.32 Å². The third kappa shape index (κ3) is 2.00. The van der Waals surface area contributed by atoms with Crippen LogP contribution in [0.2, 0.25) is 0 Å². The van der Waals surface area contributed by atoms with Crippen LogP contribution in [-0.2, 0) is 17.1 Å². The van der Waals surface area contributed by atoms with E-state index >= 15 is 0 Å². The van der Waals surface area contributed by atoms with E-state index in [1.807, 2.05) is 30.3 Å². The summed E-state index contributed by atoms with van der Waals surface area (Å²) >= 11 is 0. The van der Waals surface area contributed by atoms with Crippen LogP contribution in [0.15, 0.2) is 41.4 Å². The monoisotopic (exact) mass is 318 g/mol. The minimum atomic E-state index is -3.46. The Hall–Kier alpha value is -1.70. The smallest absolute Gasteiger partial charge is 0.260 e. The molecule has 0 saturated carbocycles. The van der Waals surface area contributed by atoms with Gasteiger partial charge in [-0.1, -0.05) is 30.3 Å². The molecule has 2 fully saturated rings. The first-order chi connectivity index (χ1) is 10.5. The number of aryl methyl sites for hydroxylation is 1. The van der Waals surface area contributed by atoms with Crippen LogP contribution in [0, 0.1) is 5.41 Å². The average molecular weight is 318 g/mol. The maximum Gasteiger partial charge on any atom is 0.260 e. The van der Waals surface area contributed by atoms with E-state index in [9.17, 15) is 8.42 Å². The molecule has 1 aromatic heterocycles. The molecule has 2 aliphatic rings. The first-order valence-electron chi connectivity index (χ1n) is 7.31. The molecule has 0 atom stereocenters. The molecule has 0 amide bonds. The molecule has 116 valence electrons. The third-order valence-electron chi connectivity index (χ3n) is 4.53. The lowest BCUT2D eigenvalue weighted by Gasteiger charge is -2.54. The molecule has 0 unspecified atom stereocenters. The van der Waals surface area contributed by atoms with E-state index in [4.69, 9.17) is 0 Å². The Labute approximate surface area is 129 Å². The average Bonchev–Trinajstić information content (AvgIpc) is 2.79. The number of hydrogen-bond donors (Lipinski definition) is 1. The van der Waals surface area contributed by atoms with Crippen molar-refractivity contribution in [1.29, 1.82) is 0 Å². The van der Waals surface area contributed by atoms with Gasteiger partial charge in [0.1, 0.15) is 0 Å². The van der Waals surface area contributed by atoms with Crippen molar-refractivity contribution in [3.8, 4) is 11.3 Å². The second-order valence-corrected chi connectivity index (χ2v) is 8.12. The number of rotatable bonds is 3. The maximum atomic E-state index is 12.8. The Morgan fingerprint density at radius 1 is 1.18 bits per heavy atom. The van der Waals surface area contributed by atoms with E-state index in [0.29, 0.717) is 18.8 Å². The number of nitrogens with zero attached hydrogens (tertiary/aromatic N) is 3. The largest absolute Gasteiger partial charge is 0.315 e. The normalized spacial score (nSPS) is 20.6. The molecular weight excluding hydrogens is 300 g/mol. The fourth-order valence-electron chi connectivity index (χ4n) is 3.15. The zero-order chi connectivity index (χ0) is 15.4. The van der Waals surface area contributed by atoms with Crippen molar-refractivity contribution < 1.29 is 8.42 Å². The van der Waals surface area contributed by atoms with Crippen molar-refractivity contribution in [3.05, 3.63) is 36.4 Å². The third-order valence-corrected chi connectivity index (χ3v) is 6.38. The predicted octanol–water partition coefficient (Wildman–Crippen LogP) is 0.681. The summed E-state index contributed by atoms with van der Waals surface area (Å²) in [6.07, 6.45) is 0. The highest BCUT2D eigenvalue weighted by atomic mass is 32.2. The molecule has 1 spiro atoms. The Balaban J connectivity index is 1.64. The Bertz CT molecular complexity index is 801. The van der Waals surface area contributed by atoms with E-state index in [2.05, 4.69) is 10.4 Å². The van der Waals surface area contributed by atoms with E-state index < -0.39 is 10.0 Å². The van der Waals surface area contributed by atoms with Crippen molar-refractivity contribution in [2.45, 2.75) is 5.03 Å². The molecule has 4 rings (SSSR count). The van der Waals surface area contributed by atoms with Crippen molar-refractivity contribution >= 4 is 10.0 Å². The standard InChI is InChI=1S/C15H18N4O2S/c1-18-14(7-13(17-18)12-5-3-2-4-6-12)22(20,21)19-10-15(11-19)8-16-9-15/h2-7,16H,8-11H2,1H3. The minimum absolute atomic E-state index is 0.175. The zero-order valence-corrected chi connectivity index (χ0v) is 13.2. The molecule has 1 aromatic carbocycles. The second-order valence-electron chi connectivity index (χ2n) is 6.23. The molecule has 0 radical (unpaired) electrons. The first-order valence-corrected chi connectivity index (χ1v) is 8.75. The van der Waals surface area contributed by atoms with Crippen LogP contribution in [0.3, 0.4) is 0 Å². The molecule has 2 saturated heterocycles. The van der Waals surface area contributed by atoms with Gasteiger partial charge >= 0.3 is 0 Å². The lowest BCUT2D eigenvalue weighted by Crippen LogP contribution is -2.71.